The van der Waals surface area contributed by atoms with E-state index in [1.165, 1.54) is 11.1 Å². The van der Waals surface area contributed by atoms with Crippen molar-refractivity contribution in [3.8, 4) is 0 Å². The van der Waals surface area contributed by atoms with Crippen LogP contribution in [0.5, 0.6) is 0 Å². The average Bonchev–Trinajstić information content (AvgIpc) is 2.89. The smallest absolute Gasteiger partial charge is 0.363 e. The first kappa shape index (κ1) is 15.0. The predicted octanol–water partition coefficient (Wildman–Crippen LogP) is 4.31. The van der Waals surface area contributed by atoms with E-state index in [1.54, 1.807) is 12.2 Å². The topological polar surface area (TPSA) is 38.7 Å². The fraction of sp³-hybridized carbons (Fsp3) is 0.100. The lowest BCUT2D eigenvalue weighted by Gasteiger charge is -1.95. The van der Waals surface area contributed by atoms with Crippen LogP contribution in [0.15, 0.2) is 65.3 Å². The Morgan fingerprint density at radius 1 is 0.826 bits per heavy atom. The average molecular weight is 303 g/mol. The third kappa shape index (κ3) is 3.83. The van der Waals surface area contributed by atoms with Crippen LogP contribution >= 0.6 is 0 Å². The minimum atomic E-state index is -0.422. The van der Waals surface area contributed by atoms with E-state index in [4.69, 9.17) is 4.74 Å². The van der Waals surface area contributed by atoms with Crippen LogP contribution < -0.4 is 0 Å². The number of benzene rings is 2. The summed E-state index contributed by atoms with van der Waals surface area (Å²) in [5.41, 5.74) is 4.65. The number of hydrogen-bond acceptors (Lipinski definition) is 3. The van der Waals surface area contributed by atoms with Crippen molar-refractivity contribution < 1.29 is 9.53 Å². The molecule has 1 aliphatic rings. The fourth-order valence-electron chi connectivity index (χ4n) is 2.16. The van der Waals surface area contributed by atoms with Crippen molar-refractivity contribution in [3.05, 3.63) is 82.6 Å². The molecule has 0 bridgehead atoms. The number of rotatable bonds is 3. The van der Waals surface area contributed by atoms with Crippen molar-refractivity contribution in [1.29, 1.82) is 0 Å². The highest BCUT2D eigenvalue weighted by molar-refractivity contribution is 6.11. The lowest BCUT2D eigenvalue weighted by Crippen LogP contribution is -2.01. The lowest BCUT2D eigenvalue weighted by molar-refractivity contribution is -0.129. The molecular formula is C20H17NO2. The second kappa shape index (κ2) is 6.44. The highest BCUT2D eigenvalue weighted by Crippen LogP contribution is 2.17. The van der Waals surface area contributed by atoms with Gasteiger partial charge in [0.05, 0.1) is 0 Å². The SMILES string of the molecule is Cc1ccc(C=CC2=NC(=Cc3ccc(C)cc3)C(=O)O2)cc1. The molecule has 0 N–H and O–H groups in total. The van der Waals surface area contributed by atoms with Crippen LogP contribution in [0.3, 0.4) is 0 Å². The zero-order chi connectivity index (χ0) is 16.2. The standard InChI is InChI=1S/C20H17NO2/c1-14-3-7-16(8-4-14)11-12-19-21-18(20(22)23-19)13-17-9-5-15(2)6-10-17/h3-13H,1-2H3. The zero-order valence-corrected chi connectivity index (χ0v) is 13.1. The van der Waals surface area contributed by atoms with Crippen molar-refractivity contribution >= 4 is 24.0 Å². The molecule has 0 spiro atoms. The van der Waals surface area contributed by atoms with E-state index in [1.807, 2.05) is 68.5 Å². The van der Waals surface area contributed by atoms with Gasteiger partial charge in [-0.1, -0.05) is 59.7 Å². The summed E-state index contributed by atoms with van der Waals surface area (Å²) >= 11 is 0. The molecule has 114 valence electrons. The van der Waals surface area contributed by atoms with Gasteiger partial charge in [0.15, 0.2) is 5.70 Å². The van der Waals surface area contributed by atoms with Crippen LogP contribution in [-0.2, 0) is 9.53 Å². The van der Waals surface area contributed by atoms with Crippen molar-refractivity contribution in [2.75, 3.05) is 0 Å². The van der Waals surface area contributed by atoms with Gasteiger partial charge < -0.3 is 4.74 Å². The summed E-state index contributed by atoms with van der Waals surface area (Å²) in [5.74, 6) is -0.108. The van der Waals surface area contributed by atoms with Gasteiger partial charge >= 0.3 is 5.97 Å². The van der Waals surface area contributed by atoms with E-state index in [9.17, 15) is 4.79 Å². The van der Waals surface area contributed by atoms with Crippen molar-refractivity contribution in [2.45, 2.75) is 13.8 Å². The third-order valence-electron chi connectivity index (χ3n) is 3.51. The molecule has 0 unspecified atom stereocenters. The summed E-state index contributed by atoms with van der Waals surface area (Å²) in [6, 6.07) is 16.0. The van der Waals surface area contributed by atoms with Crippen LogP contribution in [0.1, 0.15) is 22.3 Å². The number of ether oxygens (including phenoxy) is 1. The maximum absolute atomic E-state index is 11.9. The molecule has 2 aromatic rings. The molecule has 0 saturated carbocycles. The third-order valence-corrected chi connectivity index (χ3v) is 3.51. The van der Waals surface area contributed by atoms with E-state index < -0.39 is 5.97 Å². The molecule has 0 amide bonds. The van der Waals surface area contributed by atoms with Crippen LogP contribution in [0, 0.1) is 13.8 Å². The maximum atomic E-state index is 11.9. The first-order valence-corrected chi connectivity index (χ1v) is 7.44. The highest BCUT2D eigenvalue weighted by Gasteiger charge is 2.20. The predicted molar refractivity (Wildman–Crippen MR) is 92.9 cm³/mol. The lowest BCUT2D eigenvalue weighted by atomic mass is 10.1. The first-order valence-electron chi connectivity index (χ1n) is 7.44. The summed E-state index contributed by atoms with van der Waals surface area (Å²) < 4.78 is 5.17. The van der Waals surface area contributed by atoms with E-state index in [-0.39, 0.29) is 0 Å². The van der Waals surface area contributed by atoms with E-state index >= 15 is 0 Å². The molecule has 2 aromatic carbocycles. The Morgan fingerprint density at radius 2 is 1.39 bits per heavy atom. The van der Waals surface area contributed by atoms with Gasteiger partial charge in [0, 0.05) is 6.08 Å². The van der Waals surface area contributed by atoms with Crippen LogP contribution in [0.2, 0.25) is 0 Å². The molecule has 23 heavy (non-hydrogen) atoms. The number of aryl methyl sites for hydroxylation is 2. The quantitative estimate of drug-likeness (QED) is 0.626. The van der Waals surface area contributed by atoms with Crippen molar-refractivity contribution in [2.24, 2.45) is 4.99 Å². The minimum Gasteiger partial charge on any atom is -0.403 e. The first-order chi connectivity index (χ1) is 11.1. The van der Waals surface area contributed by atoms with E-state index in [0.717, 1.165) is 11.1 Å². The van der Waals surface area contributed by atoms with Gasteiger partial charge in [-0.25, -0.2) is 9.79 Å². The monoisotopic (exact) mass is 303 g/mol. The number of hydrogen-bond donors (Lipinski definition) is 0. The van der Waals surface area contributed by atoms with Crippen LogP contribution in [0.4, 0.5) is 0 Å². The Hall–Kier alpha value is -2.94. The van der Waals surface area contributed by atoms with Gasteiger partial charge in [0.25, 0.3) is 0 Å². The second-order valence-corrected chi connectivity index (χ2v) is 5.52. The number of esters is 1. The summed E-state index contributed by atoms with van der Waals surface area (Å²) in [6.45, 7) is 4.06. The number of aliphatic imine (C=N–C) groups is 1. The normalized spacial score (nSPS) is 16.0. The molecular weight excluding hydrogens is 286 g/mol. The van der Waals surface area contributed by atoms with Crippen molar-refractivity contribution in [3.63, 3.8) is 0 Å². The fourth-order valence-corrected chi connectivity index (χ4v) is 2.16. The molecule has 0 fully saturated rings. The largest absolute Gasteiger partial charge is 0.403 e. The Labute approximate surface area is 135 Å². The Kier molecular flexibility index (Phi) is 4.20. The van der Waals surface area contributed by atoms with E-state index in [2.05, 4.69) is 4.99 Å². The molecule has 3 rings (SSSR count). The van der Waals surface area contributed by atoms with Gasteiger partial charge in [-0.05, 0) is 37.1 Å². The van der Waals surface area contributed by atoms with Crippen LogP contribution in [-0.4, -0.2) is 11.9 Å². The molecule has 0 atom stereocenters. The summed E-state index contributed by atoms with van der Waals surface area (Å²) in [5, 5.41) is 0. The number of carbonyl (C=O) groups excluding carboxylic acids is 1. The molecule has 0 saturated heterocycles. The Morgan fingerprint density at radius 3 is 2.00 bits per heavy atom. The number of carbonyl (C=O) groups is 1. The number of nitrogens with zero attached hydrogens (tertiary/aromatic N) is 1. The Bertz CT molecular complexity index is 810. The molecule has 1 aliphatic heterocycles. The Balaban J connectivity index is 1.78. The molecule has 0 aromatic heterocycles. The number of cyclic esters (lactones) is 1. The summed E-state index contributed by atoms with van der Waals surface area (Å²) in [4.78, 5) is 16.1. The van der Waals surface area contributed by atoms with Gasteiger partial charge in [-0.2, -0.15) is 0 Å². The molecule has 0 aliphatic carbocycles. The summed E-state index contributed by atoms with van der Waals surface area (Å²) in [7, 11) is 0. The summed E-state index contributed by atoms with van der Waals surface area (Å²) in [6.07, 6.45) is 5.31. The van der Waals surface area contributed by atoms with Gasteiger partial charge in [0.2, 0.25) is 5.90 Å². The highest BCUT2D eigenvalue weighted by atomic mass is 16.6. The molecule has 0 radical (unpaired) electrons. The van der Waals surface area contributed by atoms with Gasteiger partial charge in [-0.15, -0.1) is 0 Å². The van der Waals surface area contributed by atoms with Crippen LogP contribution in [0.25, 0.3) is 12.2 Å². The van der Waals surface area contributed by atoms with Gasteiger partial charge in [0.1, 0.15) is 0 Å². The van der Waals surface area contributed by atoms with E-state index in [0.29, 0.717) is 11.6 Å². The molecule has 3 heteroatoms. The van der Waals surface area contributed by atoms with Gasteiger partial charge in [-0.3, -0.25) is 0 Å². The van der Waals surface area contributed by atoms with Crippen molar-refractivity contribution in [1.82, 2.24) is 0 Å². The maximum Gasteiger partial charge on any atom is 0.363 e. The minimum absolute atomic E-state index is 0.314. The zero-order valence-electron chi connectivity index (χ0n) is 13.1. The molecule has 3 nitrogen and oxygen atoms in total. The molecule has 1 heterocycles. The second-order valence-electron chi connectivity index (χ2n) is 5.52.